The van der Waals surface area contributed by atoms with Crippen LogP contribution in [0.2, 0.25) is 0 Å². The van der Waals surface area contributed by atoms with Crippen LogP contribution in [0.25, 0.3) is 0 Å². The number of aliphatic hydroxyl groups excluding tert-OH is 5. The second-order valence-electron chi connectivity index (χ2n) is 3.44. The summed E-state index contributed by atoms with van der Waals surface area (Å²) >= 11 is 0. The van der Waals surface area contributed by atoms with Gasteiger partial charge in [-0.05, 0) is 6.92 Å². The van der Waals surface area contributed by atoms with Gasteiger partial charge in [0, 0.05) is 0 Å². The number of carbonyl (C=O) groups excluding carboxylic acids is 2. The van der Waals surface area contributed by atoms with Crippen LogP contribution in [-0.4, -0.2) is 74.9 Å². The van der Waals surface area contributed by atoms with Gasteiger partial charge in [0.1, 0.15) is 24.4 Å². The molecule has 0 saturated carbocycles. The molecule has 18 heavy (non-hydrogen) atoms. The van der Waals surface area contributed by atoms with Gasteiger partial charge in [0.25, 0.3) is 0 Å². The number of aliphatic hydroxyl groups is 5. The summed E-state index contributed by atoms with van der Waals surface area (Å²) in [6.45, 7) is 0.254. The van der Waals surface area contributed by atoms with Gasteiger partial charge in [-0.3, -0.25) is 4.79 Å². The molecule has 0 aliphatic carbocycles. The van der Waals surface area contributed by atoms with Crippen molar-refractivity contribution in [3.05, 3.63) is 0 Å². The van der Waals surface area contributed by atoms with Crippen molar-refractivity contribution in [2.24, 2.45) is 0 Å². The van der Waals surface area contributed by atoms with Crippen molar-refractivity contribution >= 4 is 12.3 Å². The summed E-state index contributed by atoms with van der Waals surface area (Å²) in [5, 5.41) is 45.0. The van der Waals surface area contributed by atoms with Gasteiger partial charge in [0.2, 0.25) is 0 Å². The Bertz CT molecular complexity index is 265. The normalized spacial score (nSPS) is 18.8. The Morgan fingerprint density at radius 1 is 1.28 bits per heavy atom. The summed E-state index contributed by atoms with van der Waals surface area (Å²) in [5.41, 5.74) is 0. The molecule has 0 bridgehead atoms. The van der Waals surface area contributed by atoms with Gasteiger partial charge in [-0.15, -0.1) is 0 Å². The first-order chi connectivity index (χ1) is 7.84. The van der Waals surface area contributed by atoms with E-state index in [1.54, 1.807) is 0 Å². The van der Waals surface area contributed by atoms with Crippen LogP contribution in [0.15, 0.2) is 0 Å². The predicted molar refractivity (Wildman–Crippen MR) is 53.8 cm³/mol. The summed E-state index contributed by atoms with van der Waals surface area (Å²) in [6, 6.07) is 0. The quantitative estimate of drug-likeness (QED) is 0.175. The fourth-order valence-electron chi connectivity index (χ4n) is 0.941. The maximum atomic E-state index is 10.9. The summed E-state index contributed by atoms with van der Waals surface area (Å²) in [6.07, 6.45) is -8.65. The number of rotatable bonds is 7. The van der Waals surface area contributed by atoms with Gasteiger partial charge in [0.15, 0.2) is 12.4 Å². The van der Waals surface area contributed by atoms with Crippen molar-refractivity contribution in [2.75, 3.05) is 6.61 Å². The third-order valence-electron chi connectivity index (χ3n) is 2.00. The number of carbonyl (C=O) groups is 2. The number of hydrogen-bond donors (Lipinski definition) is 5. The van der Waals surface area contributed by atoms with E-state index in [2.05, 4.69) is 4.74 Å². The van der Waals surface area contributed by atoms with Gasteiger partial charge in [-0.1, -0.05) is 0 Å². The van der Waals surface area contributed by atoms with Crippen LogP contribution in [0.3, 0.4) is 0 Å². The molecule has 0 aliphatic rings. The zero-order chi connectivity index (χ0) is 13.6. The Morgan fingerprint density at radius 3 is 2.11 bits per heavy atom. The zero-order valence-electron chi connectivity index (χ0n) is 11.1. The van der Waals surface area contributed by atoms with E-state index in [0.717, 1.165) is 6.92 Å². The molecule has 5 atom stereocenters. The standard InChI is InChI=1S/C9H16O8.Na.H/c1-4(12)9(16)17-6(3-11)8(15)7(14)5(13)2-10;;/h3-8,10,12-15H,2H2,1H3;;/q;+1;-1/t4?,5-,6+,7-,8-;;/m1../s1. The van der Waals surface area contributed by atoms with Crippen LogP contribution in [-0.2, 0) is 14.3 Å². The van der Waals surface area contributed by atoms with Gasteiger partial charge in [0.05, 0.1) is 6.61 Å². The molecular weight excluding hydrogens is 259 g/mol. The molecule has 8 nitrogen and oxygen atoms in total. The van der Waals surface area contributed by atoms with Gasteiger partial charge in [-0.25, -0.2) is 4.79 Å². The number of hydrogen-bond acceptors (Lipinski definition) is 8. The van der Waals surface area contributed by atoms with Gasteiger partial charge < -0.3 is 31.7 Å². The van der Waals surface area contributed by atoms with Crippen LogP contribution < -0.4 is 29.6 Å². The zero-order valence-corrected chi connectivity index (χ0v) is 12.1. The minimum Gasteiger partial charge on any atom is -1.00 e. The topological polar surface area (TPSA) is 145 Å². The van der Waals surface area contributed by atoms with E-state index in [0.29, 0.717) is 0 Å². The van der Waals surface area contributed by atoms with Crippen molar-refractivity contribution in [3.8, 4) is 0 Å². The second-order valence-corrected chi connectivity index (χ2v) is 3.44. The Morgan fingerprint density at radius 2 is 1.78 bits per heavy atom. The smallest absolute Gasteiger partial charge is 1.00 e. The first kappa shape index (κ1) is 20.3. The number of ether oxygens (including phenoxy) is 1. The molecule has 0 spiro atoms. The van der Waals surface area contributed by atoms with E-state index in [4.69, 9.17) is 15.3 Å². The molecule has 0 radical (unpaired) electrons. The van der Waals surface area contributed by atoms with E-state index in [1.165, 1.54) is 0 Å². The Kier molecular flexibility index (Phi) is 11.0. The number of aldehydes is 1. The summed E-state index contributed by atoms with van der Waals surface area (Å²) in [4.78, 5) is 21.5. The molecule has 0 aromatic carbocycles. The molecule has 0 aliphatic heterocycles. The van der Waals surface area contributed by atoms with Crippen molar-refractivity contribution in [3.63, 3.8) is 0 Å². The minimum absolute atomic E-state index is 0. The van der Waals surface area contributed by atoms with Crippen molar-refractivity contribution in [1.29, 1.82) is 0 Å². The molecule has 0 fully saturated rings. The van der Waals surface area contributed by atoms with Crippen molar-refractivity contribution in [1.82, 2.24) is 0 Å². The van der Waals surface area contributed by atoms with E-state index >= 15 is 0 Å². The molecule has 0 heterocycles. The largest absolute Gasteiger partial charge is 1.00 e. The molecule has 0 aromatic rings. The molecule has 0 aromatic heterocycles. The molecule has 5 N–H and O–H groups in total. The average molecular weight is 276 g/mol. The predicted octanol–water partition coefficient (Wildman–Crippen LogP) is -6.33. The van der Waals surface area contributed by atoms with Crippen LogP contribution in [0.1, 0.15) is 8.35 Å². The minimum atomic E-state index is -1.91. The Balaban J connectivity index is -0.00000128. The third-order valence-corrected chi connectivity index (χ3v) is 2.00. The van der Waals surface area contributed by atoms with Crippen LogP contribution >= 0.6 is 0 Å². The number of esters is 1. The Labute approximate surface area is 127 Å². The van der Waals surface area contributed by atoms with Crippen molar-refractivity contribution in [2.45, 2.75) is 37.4 Å². The van der Waals surface area contributed by atoms with Gasteiger partial charge >= 0.3 is 35.5 Å². The van der Waals surface area contributed by atoms with E-state index in [1.807, 2.05) is 0 Å². The molecule has 0 rings (SSSR count). The van der Waals surface area contributed by atoms with E-state index in [-0.39, 0.29) is 37.3 Å². The summed E-state index contributed by atoms with van der Waals surface area (Å²) in [7, 11) is 0. The van der Waals surface area contributed by atoms with E-state index in [9.17, 15) is 19.8 Å². The summed E-state index contributed by atoms with van der Waals surface area (Å²) < 4.78 is 4.38. The van der Waals surface area contributed by atoms with Crippen LogP contribution in [0.5, 0.6) is 0 Å². The monoisotopic (exact) mass is 276 g/mol. The molecule has 1 unspecified atom stereocenters. The van der Waals surface area contributed by atoms with Crippen LogP contribution in [0.4, 0.5) is 0 Å². The molecule has 0 saturated heterocycles. The molecular formula is C9H17NaO8. The second kappa shape index (κ2) is 9.82. The average Bonchev–Trinajstić information content (AvgIpc) is 2.32. The maximum absolute atomic E-state index is 10.9. The maximum Gasteiger partial charge on any atom is 1.00 e. The summed E-state index contributed by atoms with van der Waals surface area (Å²) in [5.74, 6) is -1.16. The fourth-order valence-corrected chi connectivity index (χ4v) is 0.941. The Hall–Kier alpha value is -0.0600. The SMILES string of the molecule is CC(O)C(=O)O[C@@H](C=O)[C@@H](O)[C@H](O)[C@H](O)CO.[H-].[Na+]. The van der Waals surface area contributed by atoms with Gasteiger partial charge in [-0.2, -0.15) is 0 Å². The fraction of sp³-hybridized carbons (Fsp3) is 0.778. The third kappa shape index (κ3) is 6.21. The molecule has 9 heteroatoms. The van der Waals surface area contributed by atoms with E-state index < -0.39 is 43.1 Å². The first-order valence-electron chi connectivity index (χ1n) is 4.84. The van der Waals surface area contributed by atoms with Crippen molar-refractivity contribution < 1.29 is 70.8 Å². The first-order valence-corrected chi connectivity index (χ1v) is 4.84. The molecule has 102 valence electrons. The molecule has 0 amide bonds. The van der Waals surface area contributed by atoms with Crippen LogP contribution in [0, 0.1) is 0 Å².